The molecule has 19 heavy (non-hydrogen) atoms. The lowest BCUT2D eigenvalue weighted by molar-refractivity contribution is -0.145. The van der Waals surface area contributed by atoms with Crippen molar-refractivity contribution in [3.63, 3.8) is 0 Å². The zero-order valence-corrected chi connectivity index (χ0v) is 11.5. The van der Waals surface area contributed by atoms with E-state index in [1.54, 1.807) is 20.8 Å². The minimum absolute atomic E-state index is 0.0429. The second-order valence-electron chi connectivity index (χ2n) is 5.44. The first kappa shape index (κ1) is 15.3. The van der Waals surface area contributed by atoms with Crippen LogP contribution in [0.1, 0.15) is 27.2 Å². The van der Waals surface area contributed by atoms with Crippen LogP contribution in [-0.4, -0.2) is 53.3 Å². The summed E-state index contributed by atoms with van der Waals surface area (Å²) in [6, 6.07) is -0.902. The number of aliphatic carboxylic acids is 1. The molecular weight excluding hydrogens is 254 g/mol. The summed E-state index contributed by atoms with van der Waals surface area (Å²) in [6.45, 7) is 5.04. The van der Waals surface area contributed by atoms with Crippen LogP contribution in [0.5, 0.6) is 0 Å². The van der Waals surface area contributed by atoms with Crippen LogP contribution in [0.3, 0.4) is 0 Å². The van der Waals surface area contributed by atoms with E-state index in [1.807, 2.05) is 0 Å². The first-order chi connectivity index (χ1) is 8.65. The molecule has 1 saturated heterocycles. The van der Waals surface area contributed by atoms with Crippen molar-refractivity contribution in [1.82, 2.24) is 4.90 Å². The Morgan fingerprint density at radius 1 is 1.26 bits per heavy atom. The Bertz CT molecular complexity index is 386. The molecule has 1 N–H and O–H groups in total. The maximum atomic E-state index is 12.0. The number of hydrogen-bond donors (Lipinski definition) is 1. The number of ether oxygens (including phenoxy) is 2. The number of carbonyl (C=O) groups is 3. The number of carboxylic acid groups (broad SMARTS) is 1. The van der Waals surface area contributed by atoms with Crippen molar-refractivity contribution in [2.75, 3.05) is 13.7 Å². The highest BCUT2D eigenvalue weighted by Crippen LogP contribution is 2.26. The molecule has 1 heterocycles. The van der Waals surface area contributed by atoms with Crippen LogP contribution < -0.4 is 0 Å². The van der Waals surface area contributed by atoms with Crippen LogP contribution in [0.15, 0.2) is 0 Å². The molecule has 0 saturated carbocycles. The summed E-state index contributed by atoms with van der Waals surface area (Å²) in [5.74, 6) is -2.45. The molecule has 0 radical (unpaired) electrons. The summed E-state index contributed by atoms with van der Waals surface area (Å²) in [5.41, 5.74) is -0.709. The summed E-state index contributed by atoms with van der Waals surface area (Å²) in [4.78, 5) is 35.7. The van der Waals surface area contributed by atoms with Crippen molar-refractivity contribution >= 4 is 18.0 Å². The molecule has 0 aromatic rings. The highest BCUT2D eigenvalue weighted by Gasteiger charge is 2.44. The van der Waals surface area contributed by atoms with E-state index in [-0.39, 0.29) is 13.0 Å². The van der Waals surface area contributed by atoms with E-state index in [1.165, 1.54) is 7.11 Å². The maximum Gasteiger partial charge on any atom is 0.411 e. The van der Waals surface area contributed by atoms with E-state index in [4.69, 9.17) is 9.84 Å². The second-order valence-corrected chi connectivity index (χ2v) is 5.44. The predicted molar refractivity (Wildman–Crippen MR) is 64.5 cm³/mol. The number of rotatable bonds is 2. The van der Waals surface area contributed by atoms with Gasteiger partial charge in [0.05, 0.1) is 13.0 Å². The van der Waals surface area contributed by atoms with Crippen LogP contribution in [0.4, 0.5) is 4.79 Å². The van der Waals surface area contributed by atoms with Crippen LogP contribution in [0, 0.1) is 5.92 Å². The van der Waals surface area contributed by atoms with Gasteiger partial charge in [-0.2, -0.15) is 0 Å². The predicted octanol–water partition coefficient (Wildman–Crippen LogP) is 0.870. The van der Waals surface area contributed by atoms with E-state index < -0.39 is 35.6 Å². The molecular formula is C12H19NO6. The second kappa shape index (κ2) is 5.46. The molecule has 0 aliphatic carbocycles. The topological polar surface area (TPSA) is 93.1 Å². The highest BCUT2D eigenvalue weighted by molar-refractivity contribution is 5.84. The molecule has 7 heteroatoms. The lowest BCUT2D eigenvalue weighted by Gasteiger charge is -2.27. The minimum atomic E-state index is -1.04. The molecule has 1 fully saturated rings. The van der Waals surface area contributed by atoms with E-state index in [9.17, 15) is 14.4 Å². The Hall–Kier alpha value is -1.79. The van der Waals surface area contributed by atoms with Gasteiger partial charge in [-0.1, -0.05) is 0 Å². The van der Waals surface area contributed by atoms with Crippen LogP contribution in [0.25, 0.3) is 0 Å². The molecule has 0 bridgehead atoms. The molecule has 1 rings (SSSR count). The smallest absolute Gasteiger partial charge is 0.411 e. The van der Waals surface area contributed by atoms with Crippen molar-refractivity contribution in [2.45, 2.75) is 38.8 Å². The molecule has 2 unspecified atom stereocenters. The Labute approximate surface area is 111 Å². The van der Waals surface area contributed by atoms with Gasteiger partial charge in [-0.05, 0) is 27.2 Å². The van der Waals surface area contributed by atoms with Gasteiger partial charge < -0.3 is 14.6 Å². The van der Waals surface area contributed by atoms with Gasteiger partial charge in [-0.15, -0.1) is 0 Å². The lowest BCUT2D eigenvalue weighted by atomic mass is 10.1. The molecule has 1 amide bonds. The molecule has 1 aliphatic rings. The quantitative estimate of drug-likeness (QED) is 0.750. The fourth-order valence-corrected chi connectivity index (χ4v) is 1.90. The molecule has 1 aliphatic heterocycles. The molecule has 0 aromatic heterocycles. The number of methoxy groups -OCH3 is 1. The normalized spacial score (nSPS) is 23.1. The van der Waals surface area contributed by atoms with E-state index in [0.29, 0.717) is 0 Å². The molecule has 0 aromatic carbocycles. The van der Waals surface area contributed by atoms with E-state index in [0.717, 1.165) is 4.90 Å². The van der Waals surface area contributed by atoms with Crippen LogP contribution in [0.2, 0.25) is 0 Å². The van der Waals surface area contributed by atoms with Crippen LogP contribution >= 0.6 is 0 Å². The van der Waals surface area contributed by atoms with Crippen molar-refractivity contribution in [3.05, 3.63) is 0 Å². The fourth-order valence-electron chi connectivity index (χ4n) is 1.90. The Morgan fingerprint density at radius 2 is 1.84 bits per heavy atom. The Kier molecular flexibility index (Phi) is 4.39. The summed E-state index contributed by atoms with van der Waals surface area (Å²) < 4.78 is 9.75. The van der Waals surface area contributed by atoms with E-state index in [2.05, 4.69) is 4.74 Å². The largest absolute Gasteiger partial charge is 0.481 e. The van der Waals surface area contributed by atoms with Gasteiger partial charge in [-0.3, -0.25) is 9.69 Å². The zero-order chi connectivity index (χ0) is 14.8. The first-order valence-corrected chi connectivity index (χ1v) is 5.96. The molecule has 108 valence electrons. The van der Waals surface area contributed by atoms with Crippen molar-refractivity contribution < 1.29 is 29.0 Å². The van der Waals surface area contributed by atoms with Crippen molar-refractivity contribution in [1.29, 1.82) is 0 Å². The third-order valence-electron chi connectivity index (χ3n) is 2.75. The fraction of sp³-hybridized carbons (Fsp3) is 0.750. The molecule has 0 spiro atoms. The summed E-state index contributed by atoms with van der Waals surface area (Å²) in [5, 5.41) is 8.99. The molecule has 2 atom stereocenters. The number of amides is 1. The summed E-state index contributed by atoms with van der Waals surface area (Å²) in [7, 11) is 1.20. The number of esters is 1. The highest BCUT2D eigenvalue weighted by atomic mass is 16.6. The van der Waals surface area contributed by atoms with E-state index >= 15 is 0 Å². The average molecular weight is 273 g/mol. The van der Waals surface area contributed by atoms with Crippen LogP contribution in [-0.2, 0) is 19.1 Å². The van der Waals surface area contributed by atoms with Gasteiger partial charge in [-0.25, -0.2) is 9.59 Å². The minimum Gasteiger partial charge on any atom is -0.481 e. The van der Waals surface area contributed by atoms with Gasteiger partial charge in [0.25, 0.3) is 0 Å². The van der Waals surface area contributed by atoms with Gasteiger partial charge in [0.2, 0.25) is 0 Å². The molecule has 7 nitrogen and oxygen atoms in total. The average Bonchev–Trinajstić information content (AvgIpc) is 2.70. The van der Waals surface area contributed by atoms with Gasteiger partial charge >= 0.3 is 18.0 Å². The number of hydrogen-bond acceptors (Lipinski definition) is 5. The standard InChI is InChI=1S/C12H19NO6/c1-12(2,3)19-11(17)13-6-7(9(14)15)5-8(13)10(16)18-4/h7-8H,5-6H2,1-4H3,(H,14,15). The van der Waals surface area contributed by atoms with Crippen molar-refractivity contribution in [2.24, 2.45) is 5.92 Å². The van der Waals surface area contributed by atoms with Gasteiger partial charge in [0.15, 0.2) is 0 Å². The zero-order valence-electron chi connectivity index (χ0n) is 11.5. The third-order valence-corrected chi connectivity index (χ3v) is 2.75. The number of likely N-dealkylation sites (tertiary alicyclic amines) is 1. The summed E-state index contributed by atoms with van der Waals surface area (Å²) in [6.07, 6.45) is -0.659. The number of carbonyl (C=O) groups excluding carboxylic acids is 2. The Balaban J connectivity index is 2.85. The number of carboxylic acids is 1. The monoisotopic (exact) mass is 273 g/mol. The van der Waals surface area contributed by atoms with Crippen molar-refractivity contribution in [3.8, 4) is 0 Å². The first-order valence-electron chi connectivity index (χ1n) is 5.96. The SMILES string of the molecule is COC(=O)C1CC(C(=O)O)CN1C(=O)OC(C)(C)C. The van der Waals surface area contributed by atoms with Gasteiger partial charge in [0, 0.05) is 6.54 Å². The number of nitrogens with zero attached hydrogens (tertiary/aromatic N) is 1. The third kappa shape index (κ3) is 3.84. The lowest BCUT2D eigenvalue weighted by Crippen LogP contribution is -2.43. The van der Waals surface area contributed by atoms with Gasteiger partial charge in [0.1, 0.15) is 11.6 Å². The maximum absolute atomic E-state index is 12.0. The summed E-state index contributed by atoms with van der Waals surface area (Å²) >= 11 is 0. The Morgan fingerprint density at radius 3 is 2.26 bits per heavy atom.